The molecule has 0 aliphatic heterocycles. The van der Waals surface area contributed by atoms with Crippen LogP contribution in [0.4, 0.5) is 0 Å². The molecular weight excluding hydrogens is 306 g/mol. The largest absolute Gasteiger partial charge is 0.419 e. The van der Waals surface area contributed by atoms with Gasteiger partial charge in [-0.25, -0.2) is 4.79 Å². The van der Waals surface area contributed by atoms with Crippen molar-refractivity contribution in [2.45, 2.75) is 0 Å². The number of Topliss-reactive ketones (excluding diaryl/α,β-unsaturated/α-hetero) is 1. The van der Waals surface area contributed by atoms with Gasteiger partial charge < -0.3 is 4.74 Å². The standard InChI is InChI=1S/C16H8ClNO4/c17-12-8-18-6-5-11(12)16(21)22-14-7-13(19)9-3-1-2-4-10(9)15(14)20/h1-8H. The molecule has 0 saturated carbocycles. The zero-order valence-electron chi connectivity index (χ0n) is 11.1. The fourth-order valence-corrected chi connectivity index (χ4v) is 2.26. The molecule has 0 bridgehead atoms. The average molecular weight is 314 g/mol. The molecule has 108 valence electrons. The number of ether oxygens (including phenoxy) is 1. The van der Waals surface area contributed by atoms with Crippen LogP contribution in [0.3, 0.4) is 0 Å². The molecule has 0 fully saturated rings. The van der Waals surface area contributed by atoms with E-state index in [4.69, 9.17) is 16.3 Å². The number of aromatic nitrogens is 1. The van der Waals surface area contributed by atoms with Crippen molar-refractivity contribution in [3.05, 3.63) is 76.3 Å². The van der Waals surface area contributed by atoms with Crippen LogP contribution in [0, 0.1) is 0 Å². The molecule has 22 heavy (non-hydrogen) atoms. The molecule has 5 nitrogen and oxygen atoms in total. The van der Waals surface area contributed by atoms with Crippen molar-refractivity contribution < 1.29 is 19.1 Å². The predicted octanol–water partition coefficient (Wildman–Crippen LogP) is 2.85. The predicted molar refractivity (Wildman–Crippen MR) is 77.8 cm³/mol. The van der Waals surface area contributed by atoms with Crippen molar-refractivity contribution in [3.63, 3.8) is 0 Å². The van der Waals surface area contributed by atoms with Gasteiger partial charge in [-0.3, -0.25) is 14.6 Å². The van der Waals surface area contributed by atoms with Crippen LogP contribution in [0.25, 0.3) is 0 Å². The van der Waals surface area contributed by atoms with Crippen molar-refractivity contribution >= 4 is 29.1 Å². The van der Waals surface area contributed by atoms with Gasteiger partial charge in [-0.1, -0.05) is 35.9 Å². The molecule has 0 spiro atoms. The number of benzene rings is 1. The highest BCUT2D eigenvalue weighted by atomic mass is 35.5. The minimum Gasteiger partial charge on any atom is -0.419 e. The Hall–Kier alpha value is -2.79. The molecule has 0 unspecified atom stereocenters. The topological polar surface area (TPSA) is 73.3 Å². The van der Waals surface area contributed by atoms with E-state index in [0.717, 1.165) is 6.08 Å². The number of halogens is 1. The van der Waals surface area contributed by atoms with Crippen LogP contribution in [-0.4, -0.2) is 22.5 Å². The lowest BCUT2D eigenvalue weighted by Crippen LogP contribution is -2.20. The summed E-state index contributed by atoms with van der Waals surface area (Å²) in [6, 6.07) is 7.72. The fourth-order valence-electron chi connectivity index (χ4n) is 2.06. The Morgan fingerprint density at radius 1 is 1.09 bits per heavy atom. The second-order valence-corrected chi connectivity index (χ2v) is 4.90. The van der Waals surface area contributed by atoms with Crippen molar-refractivity contribution in [2.24, 2.45) is 0 Å². The smallest absolute Gasteiger partial charge is 0.345 e. The first-order valence-corrected chi connectivity index (χ1v) is 6.67. The van der Waals surface area contributed by atoms with Crippen molar-refractivity contribution in [3.8, 4) is 0 Å². The summed E-state index contributed by atoms with van der Waals surface area (Å²) < 4.78 is 5.04. The highest BCUT2D eigenvalue weighted by Crippen LogP contribution is 2.23. The van der Waals surface area contributed by atoms with E-state index >= 15 is 0 Å². The summed E-state index contributed by atoms with van der Waals surface area (Å²) in [5.41, 5.74) is 0.560. The van der Waals surface area contributed by atoms with E-state index < -0.39 is 11.8 Å². The van der Waals surface area contributed by atoms with Gasteiger partial charge in [-0.15, -0.1) is 0 Å². The second-order valence-electron chi connectivity index (χ2n) is 4.49. The number of rotatable bonds is 2. The Morgan fingerprint density at radius 2 is 1.82 bits per heavy atom. The van der Waals surface area contributed by atoms with Crippen LogP contribution in [0.5, 0.6) is 0 Å². The van der Waals surface area contributed by atoms with Crippen LogP contribution in [-0.2, 0) is 4.74 Å². The number of esters is 1. The summed E-state index contributed by atoms with van der Waals surface area (Å²) >= 11 is 5.85. The molecule has 1 aromatic carbocycles. The molecule has 3 rings (SSSR count). The fraction of sp³-hybridized carbons (Fsp3) is 0. The van der Waals surface area contributed by atoms with Gasteiger partial charge in [0.1, 0.15) is 0 Å². The van der Waals surface area contributed by atoms with Crippen molar-refractivity contribution in [1.29, 1.82) is 0 Å². The van der Waals surface area contributed by atoms with Gasteiger partial charge in [-0.05, 0) is 6.07 Å². The number of pyridine rings is 1. The average Bonchev–Trinajstić information content (AvgIpc) is 2.52. The summed E-state index contributed by atoms with van der Waals surface area (Å²) in [4.78, 5) is 40.1. The first kappa shape index (κ1) is 14.2. The number of hydrogen-bond acceptors (Lipinski definition) is 5. The maximum Gasteiger partial charge on any atom is 0.345 e. The van der Waals surface area contributed by atoms with Crippen LogP contribution in [0.15, 0.2) is 54.6 Å². The van der Waals surface area contributed by atoms with Crippen molar-refractivity contribution in [2.75, 3.05) is 0 Å². The first-order chi connectivity index (χ1) is 10.6. The van der Waals surface area contributed by atoms with Crippen LogP contribution in [0.2, 0.25) is 5.02 Å². The molecule has 0 radical (unpaired) electrons. The lowest BCUT2D eigenvalue weighted by atomic mass is 9.94. The van der Waals surface area contributed by atoms with E-state index in [2.05, 4.69) is 4.98 Å². The molecule has 6 heteroatoms. The molecule has 1 heterocycles. The lowest BCUT2D eigenvalue weighted by Gasteiger charge is -2.14. The number of hydrogen-bond donors (Lipinski definition) is 0. The highest BCUT2D eigenvalue weighted by molar-refractivity contribution is 6.33. The van der Waals surface area contributed by atoms with Gasteiger partial charge in [0.25, 0.3) is 0 Å². The Kier molecular flexibility index (Phi) is 3.56. The minimum absolute atomic E-state index is 0.0664. The summed E-state index contributed by atoms with van der Waals surface area (Å²) in [7, 11) is 0. The Balaban J connectivity index is 1.91. The summed E-state index contributed by atoms with van der Waals surface area (Å²) in [5, 5.41) is 0.100. The molecule has 1 aliphatic carbocycles. The Labute approximate surface area is 130 Å². The third-order valence-electron chi connectivity index (χ3n) is 3.12. The quantitative estimate of drug-likeness (QED) is 0.797. The second kappa shape index (κ2) is 5.54. The maximum absolute atomic E-state index is 12.3. The zero-order chi connectivity index (χ0) is 15.7. The van der Waals surface area contributed by atoms with E-state index in [9.17, 15) is 14.4 Å². The number of allylic oxidation sites excluding steroid dienone is 2. The van der Waals surface area contributed by atoms with Crippen LogP contribution in [0.1, 0.15) is 31.1 Å². The Morgan fingerprint density at radius 3 is 2.55 bits per heavy atom. The molecule has 0 atom stereocenters. The summed E-state index contributed by atoms with van der Waals surface area (Å²) in [6.45, 7) is 0. The molecule has 1 aliphatic rings. The third kappa shape index (κ3) is 2.42. The highest BCUT2D eigenvalue weighted by Gasteiger charge is 2.28. The number of carbonyl (C=O) groups excluding carboxylic acids is 3. The molecule has 0 amide bonds. The van der Waals surface area contributed by atoms with Crippen LogP contribution < -0.4 is 0 Å². The Bertz CT molecular complexity index is 842. The van der Waals surface area contributed by atoms with Crippen LogP contribution >= 0.6 is 11.6 Å². The van der Waals surface area contributed by atoms with Gasteiger partial charge in [0.05, 0.1) is 10.6 Å². The van der Waals surface area contributed by atoms with E-state index in [1.54, 1.807) is 18.2 Å². The molecule has 2 aromatic rings. The summed E-state index contributed by atoms with van der Waals surface area (Å²) in [6.07, 6.45) is 3.67. The molecular formula is C16H8ClNO4. The lowest BCUT2D eigenvalue weighted by molar-refractivity contribution is 0.0585. The van der Waals surface area contributed by atoms with E-state index in [1.807, 2.05) is 0 Å². The first-order valence-electron chi connectivity index (χ1n) is 6.29. The number of ketones is 2. The maximum atomic E-state index is 12.3. The summed E-state index contributed by atoms with van der Waals surface area (Å²) in [5.74, 6) is -2.05. The normalized spacial score (nSPS) is 13.4. The molecule has 1 aromatic heterocycles. The molecule has 0 N–H and O–H groups in total. The van der Waals surface area contributed by atoms with Crippen molar-refractivity contribution in [1.82, 2.24) is 4.98 Å². The van der Waals surface area contributed by atoms with E-state index in [-0.39, 0.29) is 33.3 Å². The van der Waals surface area contributed by atoms with Gasteiger partial charge in [0, 0.05) is 29.6 Å². The monoisotopic (exact) mass is 313 g/mol. The van der Waals surface area contributed by atoms with Gasteiger partial charge >= 0.3 is 5.97 Å². The zero-order valence-corrected chi connectivity index (χ0v) is 11.8. The van der Waals surface area contributed by atoms with E-state index in [0.29, 0.717) is 0 Å². The van der Waals surface area contributed by atoms with E-state index in [1.165, 1.54) is 24.5 Å². The number of fused-ring (bicyclic) bond motifs is 1. The van der Waals surface area contributed by atoms with Gasteiger partial charge in [-0.2, -0.15) is 0 Å². The number of carbonyl (C=O) groups is 3. The van der Waals surface area contributed by atoms with Gasteiger partial charge in [0.2, 0.25) is 5.78 Å². The number of nitrogens with zero attached hydrogens (tertiary/aromatic N) is 1. The SMILES string of the molecule is O=C(OC1=CC(=O)c2ccccc2C1=O)c1ccncc1Cl. The minimum atomic E-state index is -0.820. The van der Waals surface area contributed by atoms with Gasteiger partial charge in [0.15, 0.2) is 11.5 Å². The molecule has 0 saturated heterocycles. The third-order valence-corrected chi connectivity index (χ3v) is 3.42.